The molecule has 12 N–H and O–H groups in total. The summed E-state index contributed by atoms with van der Waals surface area (Å²) >= 11 is 0. The quantitative estimate of drug-likeness (QED) is 0.0254. The Morgan fingerprint density at radius 3 is 2.03 bits per heavy atom. The van der Waals surface area contributed by atoms with Gasteiger partial charge in [0.05, 0.1) is 0 Å². The Morgan fingerprint density at radius 1 is 1.00 bits per heavy atom. The van der Waals surface area contributed by atoms with Gasteiger partial charge in [-0.2, -0.15) is 0 Å². The maximum atomic E-state index is 12.9. The molecule has 0 unspecified atom stereocenters. The summed E-state index contributed by atoms with van der Waals surface area (Å²) in [6.45, 7) is 10.8. The van der Waals surface area contributed by atoms with E-state index < -0.39 is 104 Å². The summed E-state index contributed by atoms with van der Waals surface area (Å²) in [4.78, 5) is 97.3. The Kier molecular flexibility index (Phi) is 21.7. The maximum absolute atomic E-state index is 12.9. The number of nitrogens with two attached hydrogens (primary N) is 1. The average molecular weight is 949 g/mol. The molecule has 22 nitrogen and oxygen atoms in total. The molecule has 0 aromatic heterocycles. The molecule has 2 fully saturated rings. The van der Waals surface area contributed by atoms with Crippen LogP contribution in [-0.4, -0.2) is 163 Å². The van der Waals surface area contributed by atoms with Crippen molar-refractivity contribution in [2.75, 3.05) is 6.54 Å². The zero-order valence-electron chi connectivity index (χ0n) is 35.5. The summed E-state index contributed by atoms with van der Waals surface area (Å²) < 4.78 is 43.4. The predicted octanol–water partition coefficient (Wildman–Crippen LogP) is 0.984. The van der Waals surface area contributed by atoms with Gasteiger partial charge in [0.1, 0.15) is 12.2 Å². The number of unbranched alkanes of at least 4 members (excludes halogenated alkanes) is 1. The van der Waals surface area contributed by atoms with Crippen molar-refractivity contribution in [3.05, 3.63) is 60.2 Å². The van der Waals surface area contributed by atoms with Crippen LogP contribution in [0.25, 0.3) is 0 Å². The molecular formula is C38H57NNaO21P2. The number of esters is 2. The molecule has 0 aliphatic carbocycles. The van der Waals surface area contributed by atoms with Gasteiger partial charge in [-0.15, -0.1) is 0 Å². The molecule has 1 radical (unpaired) electrons. The monoisotopic (exact) mass is 948 g/mol. The summed E-state index contributed by atoms with van der Waals surface area (Å²) in [5.41, 5.74) is -1.25. The Balaban J connectivity index is 0.00000113. The molecule has 0 spiro atoms. The van der Waals surface area contributed by atoms with Crippen LogP contribution in [0.1, 0.15) is 78.2 Å². The number of carbonyl (C=O) groups is 5. The van der Waals surface area contributed by atoms with Crippen molar-refractivity contribution in [1.29, 1.82) is 0 Å². The van der Waals surface area contributed by atoms with Crippen LogP contribution < -0.4 is 5.73 Å². The number of aliphatic carboxylic acids is 3. The van der Waals surface area contributed by atoms with E-state index in [1.807, 2.05) is 44.2 Å². The van der Waals surface area contributed by atoms with Gasteiger partial charge in [-0.1, -0.05) is 76.6 Å². The maximum Gasteiger partial charge on any atom is 0.369 e. The first kappa shape index (κ1) is 58.1. The minimum atomic E-state index is -5.30. The summed E-state index contributed by atoms with van der Waals surface area (Å²) in [5, 5.41) is 59.3. The van der Waals surface area contributed by atoms with Gasteiger partial charge in [0.15, 0.2) is 6.10 Å². The van der Waals surface area contributed by atoms with E-state index in [-0.39, 0.29) is 66.4 Å². The first-order chi connectivity index (χ1) is 28.5. The number of allylic oxidation sites excluding steroid dienone is 1. The molecule has 63 heavy (non-hydrogen) atoms. The van der Waals surface area contributed by atoms with Crippen molar-refractivity contribution in [3.8, 4) is 0 Å². The molecule has 0 amide bonds. The molecule has 2 saturated heterocycles. The first-order valence-electron chi connectivity index (χ1n) is 19.3. The largest absolute Gasteiger partial charge is 0.479 e. The van der Waals surface area contributed by atoms with Crippen LogP contribution >= 0.6 is 15.2 Å². The molecule has 1 aromatic rings. The number of carboxylic acid groups (broad SMARTS) is 3. The van der Waals surface area contributed by atoms with Gasteiger partial charge >= 0.3 is 45.0 Å². The fraction of sp³-hybridized carbons (Fsp3) is 0.605. The van der Waals surface area contributed by atoms with Crippen LogP contribution in [-0.2, 0) is 58.5 Å². The summed E-state index contributed by atoms with van der Waals surface area (Å²) in [7, 11) is -10.6. The Labute approximate surface area is 385 Å². The molecule has 0 saturated carbocycles. The second-order valence-corrected chi connectivity index (χ2v) is 19.3. The Morgan fingerprint density at radius 2 is 1.57 bits per heavy atom. The van der Waals surface area contributed by atoms with E-state index in [0.717, 1.165) is 24.5 Å². The number of hydrogen-bond donors (Lipinski definition) is 11. The van der Waals surface area contributed by atoms with E-state index in [1.54, 1.807) is 6.92 Å². The van der Waals surface area contributed by atoms with E-state index in [1.165, 1.54) is 13.0 Å². The Bertz CT molecular complexity index is 1880. The van der Waals surface area contributed by atoms with Crippen LogP contribution in [0.3, 0.4) is 0 Å². The van der Waals surface area contributed by atoms with E-state index in [9.17, 15) is 63.7 Å². The SMILES string of the molecule is C=C(CC[C@]12O[C@H](C(=O)O)[C@@](O)(C(=O)O)[C@](C(=O)O)(O1)[C@H](OC(=O)/C=C/[C@@H](C)CCCC)[C@H]2O)[C@@H](OC(C)=O)[C@H](C)Cc1ccccc1.NCCCC(O)(P(=O)(O)O)P(=O)(O)O.[Na]. The topological polar surface area (TPSA) is 385 Å². The molecule has 3 rings (SSSR count). The summed E-state index contributed by atoms with van der Waals surface area (Å²) in [6.07, 6.45) is -4.80. The third kappa shape index (κ3) is 13.1. The summed E-state index contributed by atoms with van der Waals surface area (Å²) in [6, 6.07) is 9.29. The molecular weight excluding hydrogens is 891 g/mol. The van der Waals surface area contributed by atoms with Crippen molar-refractivity contribution in [1.82, 2.24) is 0 Å². The number of carbonyl (C=O) groups excluding carboxylic acids is 2. The van der Waals surface area contributed by atoms with E-state index >= 15 is 0 Å². The second-order valence-electron chi connectivity index (χ2n) is 15.3. The number of aliphatic hydroxyl groups excluding tert-OH is 1. The van der Waals surface area contributed by atoms with Gasteiger partial charge in [-0.05, 0) is 49.3 Å². The third-order valence-corrected chi connectivity index (χ3v) is 14.4. The van der Waals surface area contributed by atoms with Crippen LogP contribution in [0, 0.1) is 11.8 Å². The second kappa shape index (κ2) is 23.5. The normalized spacial score (nSPS) is 25.9. The molecule has 2 aliphatic heterocycles. The average Bonchev–Trinajstić information content (AvgIpc) is 3.39. The molecule has 25 heteroatoms. The van der Waals surface area contributed by atoms with E-state index in [0.29, 0.717) is 12.8 Å². The van der Waals surface area contributed by atoms with Crippen molar-refractivity contribution in [3.63, 3.8) is 0 Å². The smallest absolute Gasteiger partial charge is 0.369 e. The van der Waals surface area contributed by atoms with Gasteiger partial charge in [-0.25, -0.2) is 19.2 Å². The third-order valence-electron chi connectivity index (χ3n) is 10.5. The zero-order chi connectivity index (χ0) is 47.6. The van der Waals surface area contributed by atoms with Crippen molar-refractivity contribution in [2.24, 2.45) is 17.6 Å². The minimum absolute atomic E-state index is 0. The molecule has 9 atom stereocenters. The van der Waals surface area contributed by atoms with Crippen LogP contribution in [0.2, 0.25) is 0 Å². The van der Waals surface area contributed by atoms with Crippen molar-refractivity contribution in [2.45, 2.75) is 126 Å². The van der Waals surface area contributed by atoms with Crippen LogP contribution in [0.15, 0.2) is 54.6 Å². The fourth-order valence-corrected chi connectivity index (χ4v) is 9.38. The number of benzene rings is 1. The zero-order valence-corrected chi connectivity index (χ0v) is 39.3. The van der Waals surface area contributed by atoms with Gasteiger partial charge in [0, 0.05) is 61.3 Å². The number of fused-ring (bicyclic) bond motifs is 2. The Hall–Kier alpha value is -2.89. The first-order valence-corrected chi connectivity index (χ1v) is 22.5. The van der Waals surface area contributed by atoms with Gasteiger partial charge in [-0.3, -0.25) is 13.9 Å². The standard InChI is InChI=1S/C34H44O14.C4H13NO7P2.Na/c1-6-7-11-19(2)14-15-24(36)46-27-26(37)32(47-28(29(38)39)33(44,30(40)41)34(27,48-32)31(42)43)17-16-20(3)25(45-22(5)35)21(4)18-23-12-9-8-10-13-23;5-3-1-2-4(6,13(7,8)9)14(10,11)12;/h8-10,12-15,19,21,25-28,37,44H,3,6-7,11,16-18H2,1-2,4-5H3,(H,38,39)(H,40,41)(H,42,43);6H,1-3,5H2,(H2,7,8,9)(H2,10,11,12);/b15-14+;;/t19-,21+,25+,26+,27+,28+,32-,33+,34-;;/m0../s1. The summed E-state index contributed by atoms with van der Waals surface area (Å²) in [5.74, 6) is -11.6. The number of hydrogen-bond acceptors (Lipinski definition) is 15. The van der Waals surface area contributed by atoms with Crippen LogP contribution in [0.5, 0.6) is 0 Å². The van der Waals surface area contributed by atoms with Gasteiger partial charge < -0.3 is 74.9 Å². The number of ether oxygens (including phenoxy) is 4. The molecule has 351 valence electrons. The van der Waals surface area contributed by atoms with Crippen molar-refractivity contribution < 1.29 is 102 Å². The number of rotatable bonds is 22. The minimum Gasteiger partial charge on any atom is -0.479 e. The number of aliphatic hydroxyl groups is 3. The molecule has 2 aliphatic rings. The van der Waals surface area contributed by atoms with Crippen LogP contribution in [0.4, 0.5) is 0 Å². The van der Waals surface area contributed by atoms with Crippen molar-refractivity contribution >= 4 is 74.6 Å². The van der Waals surface area contributed by atoms with Gasteiger partial charge in [0.2, 0.25) is 23.1 Å². The molecule has 2 heterocycles. The predicted molar refractivity (Wildman–Crippen MR) is 219 cm³/mol. The van der Waals surface area contributed by atoms with E-state index in [4.69, 9.17) is 44.3 Å². The molecule has 1 aromatic carbocycles. The van der Waals surface area contributed by atoms with Gasteiger partial charge in [0.25, 0.3) is 5.08 Å². The molecule has 2 bridgehead atoms. The number of carboxylic acids is 3. The fourth-order valence-electron chi connectivity index (χ4n) is 7.13. The van der Waals surface area contributed by atoms with E-state index in [2.05, 4.69) is 6.58 Å².